The lowest BCUT2D eigenvalue weighted by Crippen LogP contribution is -2.15. The fraction of sp³-hybridized carbons (Fsp3) is 0.774. The Kier molecular flexibility index (Phi) is 26.1. The van der Waals surface area contributed by atoms with Crippen LogP contribution in [0.1, 0.15) is 75.6 Å². The topological polar surface area (TPSA) is 93.7 Å². The summed E-state index contributed by atoms with van der Waals surface area (Å²) in [6, 6.07) is 7.32. The molecule has 0 spiro atoms. The third kappa shape index (κ3) is 23.0. The summed E-state index contributed by atoms with van der Waals surface area (Å²) in [6.07, 6.45) is 9.93. The van der Waals surface area contributed by atoms with Crippen LogP contribution < -0.4 is 5.32 Å². The molecule has 0 amide bonds. The second kappa shape index (κ2) is 28.8. The largest absolute Gasteiger partial charge is 0.460 e. The Hall–Kier alpha value is -1.75. The molecular weight excluding hydrogens is 514 g/mol. The molecule has 0 heterocycles. The van der Waals surface area contributed by atoms with Crippen LogP contribution in [-0.4, -0.2) is 98.4 Å². The molecule has 1 aromatic rings. The van der Waals surface area contributed by atoms with E-state index in [0.29, 0.717) is 78.2 Å². The molecule has 0 radical (unpaired) electrons. The molecule has 40 heavy (non-hydrogen) atoms. The van der Waals surface area contributed by atoms with Gasteiger partial charge in [0.25, 0.3) is 0 Å². The number of esters is 1. The molecular formula is C31H55NO8. The lowest BCUT2D eigenvalue weighted by atomic mass is 10.1. The smallest absolute Gasteiger partial charge is 0.338 e. The van der Waals surface area contributed by atoms with Crippen LogP contribution in [0.25, 0.3) is 0 Å². The highest BCUT2D eigenvalue weighted by Gasteiger charge is 2.06. The summed E-state index contributed by atoms with van der Waals surface area (Å²) in [6.45, 7) is 12.0. The van der Waals surface area contributed by atoms with Gasteiger partial charge < -0.3 is 38.5 Å². The van der Waals surface area contributed by atoms with Gasteiger partial charge in [0, 0.05) is 18.8 Å². The molecule has 0 fully saturated rings. The number of unbranched alkanes of at least 4 members (excludes halogenated alkanes) is 6. The second-order valence-electron chi connectivity index (χ2n) is 9.44. The molecule has 1 N–H and O–H groups in total. The van der Waals surface area contributed by atoms with Crippen molar-refractivity contribution < 1.29 is 38.0 Å². The van der Waals surface area contributed by atoms with Crippen LogP contribution in [0.15, 0.2) is 24.3 Å². The van der Waals surface area contributed by atoms with E-state index in [1.165, 1.54) is 32.1 Å². The first-order chi connectivity index (χ1) is 19.8. The monoisotopic (exact) mass is 569 g/mol. The molecule has 0 aliphatic carbocycles. The molecule has 1 aromatic carbocycles. The Labute approximate surface area is 242 Å². The summed E-state index contributed by atoms with van der Waals surface area (Å²) >= 11 is 0. The second-order valence-corrected chi connectivity index (χ2v) is 9.44. The van der Waals surface area contributed by atoms with Crippen molar-refractivity contribution >= 4 is 11.7 Å². The third-order valence-corrected chi connectivity index (χ3v) is 5.94. The number of nitrogens with one attached hydrogen (secondary N) is 1. The number of anilines is 1. The van der Waals surface area contributed by atoms with Crippen molar-refractivity contribution in [2.24, 2.45) is 0 Å². The maximum Gasteiger partial charge on any atom is 0.338 e. The molecule has 0 aromatic heterocycles. The minimum absolute atomic E-state index is 0.205. The average molecular weight is 570 g/mol. The van der Waals surface area contributed by atoms with E-state index in [0.717, 1.165) is 38.1 Å². The van der Waals surface area contributed by atoms with Crippen LogP contribution in [0.4, 0.5) is 5.69 Å². The summed E-state index contributed by atoms with van der Waals surface area (Å²) < 4.78 is 38.2. The highest BCUT2D eigenvalue weighted by Crippen LogP contribution is 2.11. The van der Waals surface area contributed by atoms with E-state index in [2.05, 4.69) is 19.2 Å². The predicted molar refractivity (Wildman–Crippen MR) is 158 cm³/mol. The van der Waals surface area contributed by atoms with Crippen molar-refractivity contribution in [2.75, 3.05) is 97.8 Å². The van der Waals surface area contributed by atoms with Gasteiger partial charge in [0.2, 0.25) is 0 Å². The maximum atomic E-state index is 12.1. The van der Waals surface area contributed by atoms with Gasteiger partial charge in [-0.1, -0.05) is 52.4 Å². The zero-order chi connectivity index (χ0) is 28.8. The SMILES string of the molecule is CCCCCCCCOCCOCCOCCOCCOCCOCCOC(=O)c1ccc(NCCCC)cc1. The molecule has 1 rings (SSSR count). The maximum absolute atomic E-state index is 12.1. The Bertz CT molecular complexity index is 674. The Balaban J connectivity index is 1.76. The fourth-order valence-electron chi connectivity index (χ4n) is 3.60. The van der Waals surface area contributed by atoms with Crippen LogP contribution in [0.3, 0.4) is 0 Å². The van der Waals surface area contributed by atoms with Gasteiger partial charge in [0.15, 0.2) is 0 Å². The first-order valence-corrected chi connectivity index (χ1v) is 15.3. The van der Waals surface area contributed by atoms with Gasteiger partial charge in [-0.25, -0.2) is 4.79 Å². The average Bonchev–Trinajstić information content (AvgIpc) is 2.97. The first kappa shape index (κ1) is 36.3. The molecule has 0 saturated carbocycles. The van der Waals surface area contributed by atoms with Crippen molar-refractivity contribution in [3.63, 3.8) is 0 Å². The Morgan fingerprint density at radius 1 is 0.525 bits per heavy atom. The highest BCUT2D eigenvalue weighted by molar-refractivity contribution is 5.89. The summed E-state index contributed by atoms with van der Waals surface area (Å²) in [4.78, 5) is 12.1. The minimum Gasteiger partial charge on any atom is -0.460 e. The highest BCUT2D eigenvalue weighted by atomic mass is 16.6. The summed E-state index contributed by atoms with van der Waals surface area (Å²) in [5.41, 5.74) is 1.53. The standard InChI is InChI=1S/C31H55NO8/c1-3-5-7-8-9-10-16-34-17-18-35-19-20-36-21-22-37-23-24-38-25-26-39-27-28-40-31(33)29-11-13-30(14-12-29)32-15-6-4-2/h11-14,32H,3-10,15-28H2,1-2H3. The van der Waals surface area contributed by atoms with Gasteiger partial charge in [0.1, 0.15) is 6.61 Å². The van der Waals surface area contributed by atoms with E-state index in [4.69, 9.17) is 33.2 Å². The van der Waals surface area contributed by atoms with Gasteiger partial charge in [-0.3, -0.25) is 0 Å². The zero-order valence-corrected chi connectivity index (χ0v) is 25.1. The molecule has 0 bridgehead atoms. The van der Waals surface area contributed by atoms with E-state index in [9.17, 15) is 4.79 Å². The van der Waals surface area contributed by atoms with E-state index in [1.54, 1.807) is 12.1 Å². The van der Waals surface area contributed by atoms with Gasteiger partial charge in [0.05, 0.1) is 78.2 Å². The van der Waals surface area contributed by atoms with E-state index in [1.807, 2.05) is 12.1 Å². The fourth-order valence-corrected chi connectivity index (χ4v) is 3.60. The van der Waals surface area contributed by atoms with Gasteiger partial charge >= 0.3 is 5.97 Å². The van der Waals surface area contributed by atoms with Crippen molar-refractivity contribution in [3.05, 3.63) is 29.8 Å². The predicted octanol–water partition coefficient (Wildman–Crippen LogP) is 5.52. The number of rotatable bonds is 30. The molecule has 0 unspecified atom stereocenters. The number of hydrogen-bond donors (Lipinski definition) is 1. The van der Waals surface area contributed by atoms with Crippen molar-refractivity contribution in [1.82, 2.24) is 0 Å². The lowest BCUT2D eigenvalue weighted by Gasteiger charge is -2.09. The van der Waals surface area contributed by atoms with Gasteiger partial charge in [-0.2, -0.15) is 0 Å². The Morgan fingerprint density at radius 3 is 1.45 bits per heavy atom. The quantitative estimate of drug-likeness (QED) is 0.0950. The minimum atomic E-state index is -0.350. The molecule has 9 heteroatoms. The van der Waals surface area contributed by atoms with E-state index >= 15 is 0 Å². The van der Waals surface area contributed by atoms with Crippen LogP contribution in [-0.2, 0) is 33.2 Å². The lowest BCUT2D eigenvalue weighted by molar-refractivity contribution is -0.0194. The molecule has 232 valence electrons. The Morgan fingerprint density at radius 2 is 0.950 bits per heavy atom. The normalized spacial score (nSPS) is 11.2. The van der Waals surface area contributed by atoms with Crippen molar-refractivity contribution in [2.45, 2.75) is 65.2 Å². The number of carbonyl (C=O) groups is 1. The first-order valence-electron chi connectivity index (χ1n) is 15.3. The number of benzene rings is 1. The number of carbonyl (C=O) groups excluding carboxylic acids is 1. The molecule has 0 saturated heterocycles. The van der Waals surface area contributed by atoms with Gasteiger partial charge in [-0.15, -0.1) is 0 Å². The van der Waals surface area contributed by atoms with Gasteiger partial charge in [-0.05, 0) is 37.1 Å². The molecule has 9 nitrogen and oxygen atoms in total. The molecule has 0 aliphatic rings. The molecule has 0 atom stereocenters. The number of hydrogen-bond acceptors (Lipinski definition) is 9. The van der Waals surface area contributed by atoms with E-state index < -0.39 is 0 Å². The summed E-state index contributed by atoms with van der Waals surface area (Å²) in [5, 5.41) is 3.32. The van der Waals surface area contributed by atoms with E-state index in [-0.39, 0.29) is 12.6 Å². The van der Waals surface area contributed by atoms with Crippen LogP contribution in [0, 0.1) is 0 Å². The van der Waals surface area contributed by atoms with Crippen LogP contribution in [0.2, 0.25) is 0 Å². The van der Waals surface area contributed by atoms with Crippen LogP contribution in [0.5, 0.6) is 0 Å². The van der Waals surface area contributed by atoms with Crippen LogP contribution >= 0.6 is 0 Å². The zero-order valence-electron chi connectivity index (χ0n) is 25.1. The van der Waals surface area contributed by atoms with Crippen molar-refractivity contribution in [1.29, 1.82) is 0 Å². The van der Waals surface area contributed by atoms with Crippen molar-refractivity contribution in [3.8, 4) is 0 Å². The number of ether oxygens (including phenoxy) is 7. The summed E-state index contributed by atoms with van der Waals surface area (Å²) in [5.74, 6) is -0.350. The molecule has 0 aliphatic heterocycles. The summed E-state index contributed by atoms with van der Waals surface area (Å²) in [7, 11) is 0. The third-order valence-electron chi connectivity index (χ3n) is 5.94.